The van der Waals surface area contributed by atoms with Crippen LogP contribution in [0.1, 0.15) is 21.5 Å². The summed E-state index contributed by atoms with van der Waals surface area (Å²) in [5.41, 5.74) is 4.01. The Labute approximate surface area is 119 Å². The topological polar surface area (TPSA) is 38.3 Å². The Bertz CT molecular complexity index is 583. The largest absolute Gasteiger partial charge is 0.497 e. The van der Waals surface area contributed by atoms with E-state index in [1.807, 2.05) is 32.0 Å². The SMILES string of the molecule is COc1ccc(C(=O)CNc2c(C)cccc2C)cc1. The number of rotatable bonds is 5. The first-order chi connectivity index (χ1) is 9.61. The lowest BCUT2D eigenvalue weighted by Crippen LogP contribution is -2.15. The van der Waals surface area contributed by atoms with Crippen molar-refractivity contribution in [3.63, 3.8) is 0 Å². The van der Waals surface area contributed by atoms with Gasteiger partial charge in [-0.05, 0) is 49.2 Å². The van der Waals surface area contributed by atoms with Gasteiger partial charge in [0.05, 0.1) is 13.7 Å². The van der Waals surface area contributed by atoms with Gasteiger partial charge in [0.15, 0.2) is 5.78 Å². The molecule has 0 spiro atoms. The Morgan fingerprint density at radius 2 is 1.65 bits per heavy atom. The summed E-state index contributed by atoms with van der Waals surface area (Å²) in [4.78, 5) is 12.1. The summed E-state index contributed by atoms with van der Waals surface area (Å²) in [5, 5.41) is 3.23. The van der Waals surface area contributed by atoms with Crippen molar-refractivity contribution in [2.75, 3.05) is 19.0 Å². The lowest BCUT2D eigenvalue weighted by Gasteiger charge is -2.12. The maximum Gasteiger partial charge on any atom is 0.181 e. The minimum absolute atomic E-state index is 0.0651. The summed E-state index contributed by atoms with van der Waals surface area (Å²) in [5.74, 6) is 0.819. The number of ether oxygens (including phenoxy) is 1. The molecule has 2 rings (SSSR count). The highest BCUT2D eigenvalue weighted by atomic mass is 16.5. The molecular formula is C17H19NO2. The Kier molecular flexibility index (Phi) is 4.41. The van der Waals surface area contributed by atoms with Crippen LogP contribution in [0.5, 0.6) is 5.75 Å². The van der Waals surface area contributed by atoms with Crippen LogP contribution in [0.3, 0.4) is 0 Å². The Balaban J connectivity index is 2.04. The summed E-state index contributed by atoms with van der Waals surface area (Å²) in [6.45, 7) is 4.36. The maximum absolute atomic E-state index is 12.1. The van der Waals surface area contributed by atoms with Crippen LogP contribution in [-0.4, -0.2) is 19.4 Å². The molecule has 0 atom stereocenters. The van der Waals surface area contributed by atoms with Crippen molar-refractivity contribution in [3.8, 4) is 5.75 Å². The highest BCUT2D eigenvalue weighted by Crippen LogP contribution is 2.19. The standard InChI is InChI=1S/C17H19NO2/c1-12-5-4-6-13(2)17(12)18-11-16(19)14-7-9-15(20-3)10-8-14/h4-10,18H,11H2,1-3H3. The molecule has 0 amide bonds. The number of carbonyl (C=O) groups excluding carboxylic acids is 1. The van der Waals surface area contributed by atoms with E-state index < -0.39 is 0 Å². The van der Waals surface area contributed by atoms with E-state index in [4.69, 9.17) is 4.74 Å². The molecule has 20 heavy (non-hydrogen) atoms. The number of ketones is 1. The Morgan fingerprint density at radius 1 is 1.05 bits per heavy atom. The number of anilines is 1. The van der Waals surface area contributed by atoms with E-state index in [-0.39, 0.29) is 12.3 Å². The van der Waals surface area contributed by atoms with Crippen LogP contribution >= 0.6 is 0 Å². The van der Waals surface area contributed by atoms with Crippen LogP contribution in [0.4, 0.5) is 5.69 Å². The number of para-hydroxylation sites is 1. The van der Waals surface area contributed by atoms with E-state index >= 15 is 0 Å². The zero-order valence-corrected chi connectivity index (χ0v) is 12.1. The highest BCUT2D eigenvalue weighted by Gasteiger charge is 2.08. The second kappa shape index (κ2) is 6.24. The maximum atomic E-state index is 12.1. The number of benzene rings is 2. The van der Waals surface area contributed by atoms with E-state index in [0.29, 0.717) is 5.56 Å². The minimum atomic E-state index is 0.0651. The van der Waals surface area contributed by atoms with Crippen molar-refractivity contribution in [2.24, 2.45) is 0 Å². The van der Waals surface area contributed by atoms with E-state index in [2.05, 4.69) is 5.32 Å². The number of aryl methyl sites for hydroxylation is 2. The molecule has 0 aromatic heterocycles. The number of methoxy groups -OCH3 is 1. The van der Waals surface area contributed by atoms with Gasteiger partial charge in [-0.2, -0.15) is 0 Å². The molecule has 0 aliphatic heterocycles. The van der Waals surface area contributed by atoms with Gasteiger partial charge in [-0.1, -0.05) is 18.2 Å². The molecule has 1 N–H and O–H groups in total. The number of Topliss-reactive ketones (excluding diaryl/α,β-unsaturated/α-hetero) is 1. The molecule has 2 aromatic carbocycles. The molecule has 0 radical (unpaired) electrons. The fraction of sp³-hybridized carbons (Fsp3) is 0.235. The Morgan fingerprint density at radius 3 is 2.20 bits per heavy atom. The second-order valence-corrected chi connectivity index (χ2v) is 4.77. The zero-order chi connectivity index (χ0) is 14.5. The summed E-state index contributed by atoms with van der Waals surface area (Å²) in [7, 11) is 1.61. The summed E-state index contributed by atoms with van der Waals surface area (Å²) in [6, 6.07) is 13.3. The van der Waals surface area contributed by atoms with Gasteiger partial charge >= 0.3 is 0 Å². The molecule has 0 heterocycles. The second-order valence-electron chi connectivity index (χ2n) is 4.77. The van der Waals surface area contributed by atoms with Gasteiger partial charge in [0.25, 0.3) is 0 Å². The predicted octanol–water partition coefficient (Wildman–Crippen LogP) is 3.61. The summed E-state index contributed by atoms with van der Waals surface area (Å²) in [6.07, 6.45) is 0. The molecule has 0 bridgehead atoms. The van der Waals surface area contributed by atoms with Gasteiger partial charge in [0.1, 0.15) is 5.75 Å². The fourth-order valence-corrected chi connectivity index (χ4v) is 2.14. The molecular weight excluding hydrogens is 250 g/mol. The summed E-state index contributed by atoms with van der Waals surface area (Å²) >= 11 is 0. The molecule has 2 aromatic rings. The van der Waals surface area contributed by atoms with E-state index in [1.165, 1.54) is 0 Å². The van der Waals surface area contributed by atoms with Gasteiger partial charge in [-0.25, -0.2) is 0 Å². The Hall–Kier alpha value is -2.29. The first-order valence-corrected chi connectivity index (χ1v) is 6.59. The number of carbonyl (C=O) groups is 1. The molecule has 0 aliphatic carbocycles. The monoisotopic (exact) mass is 269 g/mol. The van der Waals surface area contributed by atoms with Crippen LogP contribution in [0.2, 0.25) is 0 Å². The lowest BCUT2D eigenvalue weighted by molar-refractivity contribution is 0.101. The third-order valence-electron chi connectivity index (χ3n) is 3.32. The van der Waals surface area contributed by atoms with Crippen molar-refractivity contribution in [1.29, 1.82) is 0 Å². The van der Waals surface area contributed by atoms with Crippen molar-refractivity contribution >= 4 is 11.5 Å². The van der Waals surface area contributed by atoms with Gasteiger partial charge in [-0.3, -0.25) is 4.79 Å². The van der Waals surface area contributed by atoms with Crippen LogP contribution in [0.15, 0.2) is 42.5 Å². The van der Waals surface area contributed by atoms with Gasteiger partial charge in [0, 0.05) is 11.3 Å². The molecule has 0 aliphatic rings. The van der Waals surface area contributed by atoms with E-state index in [9.17, 15) is 4.79 Å². The first kappa shape index (κ1) is 14.1. The fourth-order valence-electron chi connectivity index (χ4n) is 2.14. The average Bonchev–Trinajstić information content (AvgIpc) is 2.46. The van der Waals surface area contributed by atoms with Crippen LogP contribution < -0.4 is 10.1 Å². The molecule has 3 heteroatoms. The predicted molar refractivity (Wildman–Crippen MR) is 81.7 cm³/mol. The van der Waals surface area contributed by atoms with Crippen LogP contribution in [0, 0.1) is 13.8 Å². The molecule has 3 nitrogen and oxygen atoms in total. The molecule has 0 fully saturated rings. The lowest BCUT2D eigenvalue weighted by atomic mass is 10.1. The number of hydrogen-bond acceptors (Lipinski definition) is 3. The minimum Gasteiger partial charge on any atom is -0.497 e. The third-order valence-corrected chi connectivity index (χ3v) is 3.32. The van der Waals surface area contributed by atoms with Crippen molar-refractivity contribution in [2.45, 2.75) is 13.8 Å². The van der Waals surface area contributed by atoms with Crippen LogP contribution in [0.25, 0.3) is 0 Å². The van der Waals surface area contributed by atoms with Crippen molar-refractivity contribution < 1.29 is 9.53 Å². The number of hydrogen-bond donors (Lipinski definition) is 1. The average molecular weight is 269 g/mol. The highest BCUT2D eigenvalue weighted by molar-refractivity contribution is 5.99. The third kappa shape index (κ3) is 3.18. The number of nitrogens with one attached hydrogen (secondary N) is 1. The van der Waals surface area contributed by atoms with Crippen molar-refractivity contribution in [3.05, 3.63) is 59.2 Å². The molecule has 104 valence electrons. The molecule has 0 saturated heterocycles. The van der Waals surface area contributed by atoms with Crippen LogP contribution in [-0.2, 0) is 0 Å². The smallest absolute Gasteiger partial charge is 0.181 e. The summed E-state index contributed by atoms with van der Waals surface area (Å²) < 4.78 is 5.08. The normalized spacial score (nSPS) is 10.2. The molecule has 0 saturated carbocycles. The van der Waals surface area contributed by atoms with Crippen molar-refractivity contribution in [1.82, 2.24) is 0 Å². The van der Waals surface area contributed by atoms with E-state index in [1.54, 1.807) is 31.4 Å². The van der Waals surface area contributed by atoms with Gasteiger partial charge in [0.2, 0.25) is 0 Å². The van der Waals surface area contributed by atoms with Gasteiger partial charge < -0.3 is 10.1 Å². The first-order valence-electron chi connectivity index (χ1n) is 6.59. The molecule has 0 unspecified atom stereocenters. The quantitative estimate of drug-likeness (QED) is 0.843. The van der Waals surface area contributed by atoms with Gasteiger partial charge in [-0.15, -0.1) is 0 Å². The van der Waals surface area contributed by atoms with E-state index in [0.717, 1.165) is 22.6 Å². The zero-order valence-electron chi connectivity index (χ0n) is 12.1.